The van der Waals surface area contributed by atoms with E-state index in [1.165, 1.54) is 19.3 Å². The van der Waals surface area contributed by atoms with Gasteiger partial charge in [-0.05, 0) is 62.1 Å². The van der Waals surface area contributed by atoms with Crippen LogP contribution in [0, 0.1) is 5.92 Å². The molecule has 1 N–H and O–H groups in total. The number of carbonyl (C=O) groups is 2. The van der Waals surface area contributed by atoms with E-state index >= 15 is 0 Å². The van der Waals surface area contributed by atoms with Crippen molar-refractivity contribution in [1.29, 1.82) is 0 Å². The molecule has 2 aliphatic heterocycles. The molecular weight excluding hydrogens is 340 g/mol. The Kier molecular flexibility index (Phi) is 5.48. The van der Waals surface area contributed by atoms with E-state index in [1.807, 2.05) is 29.2 Å². The van der Waals surface area contributed by atoms with Crippen molar-refractivity contribution >= 4 is 11.9 Å². The molecule has 27 heavy (non-hydrogen) atoms. The van der Waals surface area contributed by atoms with Crippen LogP contribution in [0.1, 0.15) is 67.3 Å². The second-order valence-electron chi connectivity index (χ2n) is 8.43. The molecule has 3 unspecified atom stereocenters. The lowest BCUT2D eigenvalue weighted by Gasteiger charge is -2.33. The third kappa shape index (κ3) is 3.88. The maximum absolute atomic E-state index is 12.8. The Morgan fingerprint density at radius 2 is 1.81 bits per heavy atom. The molecule has 1 amide bonds. The molecular formula is C22H30N2O3. The number of fused-ring (bicyclic) bond motifs is 1. The smallest absolute Gasteiger partial charge is 0.320 e. The molecule has 0 spiro atoms. The summed E-state index contributed by atoms with van der Waals surface area (Å²) >= 11 is 0. The van der Waals surface area contributed by atoms with E-state index in [2.05, 4.69) is 4.90 Å². The second-order valence-corrected chi connectivity index (χ2v) is 8.43. The molecule has 4 rings (SSSR count). The Morgan fingerprint density at radius 3 is 2.59 bits per heavy atom. The number of rotatable bonds is 4. The summed E-state index contributed by atoms with van der Waals surface area (Å²) in [4.78, 5) is 28.8. The highest BCUT2D eigenvalue weighted by Gasteiger charge is 2.44. The van der Waals surface area contributed by atoms with Crippen molar-refractivity contribution in [2.45, 2.75) is 70.0 Å². The molecule has 0 aromatic heterocycles. The normalized spacial score (nSPS) is 28.7. The molecule has 146 valence electrons. The number of amides is 1. The van der Waals surface area contributed by atoms with Gasteiger partial charge in [-0.2, -0.15) is 0 Å². The van der Waals surface area contributed by atoms with Crippen LogP contribution in [0.2, 0.25) is 0 Å². The van der Waals surface area contributed by atoms with Crippen molar-refractivity contribution in [3.63, 3.8) is 0 Å². The lowest BCUT2D eigenvalue weighted by Crippen LogP contribution is -2.41. The van der Waals surface area contributed by atoms with Crippen molar-refractivity contribution in [3.8, 4) is 0 Å². The van der Waals surface area contributed by atoms with E-state index in [9.17, 15) is 14.7 Å². The number of piperidine rings is 1. The summed E-state index contributed by atoms with van der Waals surface area (Å²) in [5, 5.41) is 9.72. The van der Waals surface area contributed by atoms with Gasteiger partial charge in [0.05, 0.1) is 0 Å². The summed E-state index contributed by atoms with van der Waals surface area (Å²) < 4.78 is 0. The van der Waals surface area contributed by atoms with E-state index in [0.717, 1.165) is 56.3 Å². The lowest BCUT2D eigenvalue weighted by molar-refractivity contribution is -0.142. The van der Waals surface area contributed by atoms with Crippen LogP contribution in [-0.4, -0.2) is 52.0 Å². The molecule has 1 saturated carbocycles. The Labute approximate surface area is 161 Å². The Bertz CT molecular complexity index is 699. The van der Waals surface area contributed by atoms with E-state index in [1.54, 1.807) is 0 Å². The van der Waals surface area contributed by atoms with Crippen LogP contribution in [0.15, 0.2) is 24.3 Å². The number of hydrogen-bond acceptors (Lipinski definition) is 3. The number of nitrogens with zero attached hydrogens (tertiary/aromatic N) is 2. The Hall–Kier alpha value is -1.88. The minimum absolute atomic E-state index is 0.114. The number of carbonyl (C=O) groups excluding carboxylic acids is 1. The number of carboxylic acids is 1. The van der Waals surface area contributed by atoms with Crippen molar-refractivity contribution in [1.82, 2.24) is 9.80 Å². The molecule has 2 saturated heterocycles. The molecule has 0 bridgehead atoms. The van der Waals surface area contributed by atoms with Gasteiger partial charge in [0.15, 0.2) is 0 Å². The Balaban J connectivity index is 1.51. The van der Waals surface area contributed by atoms with Crippen molar-refractivity contribution in [2.24, 2.45) is 5.92 Å². The highest BCUT2D eigenvalue weighted by molar-refractivity contribution is 5.94. The first-order chi connectivity index (χ1) is 13.1. The molecule has 1 aromatic rings. The van der Waals surface area contributed by atoms with E-state index in [0.29, 0.717) is 18.5 Å². The fraction of sp³-hybridized carbons (Fsp3) is 0.636. The van der Waals surface area contributed by atoms with Gasteiger partial charge in [-0.3, -0.25) is 14.5 Å². The minimum Gasteiger partial charge on any atom is -0.480 e. The number of aliphatic carboxylic acids is 1. The average Bonchev–Trinajstić information content (AvgIpc) is 3.07. The van der Waals surface area contributed by atoms with Crippen LogP contribution in [0.25, 0.3) is 0 Å². The average molecular weight is 370 g/mol. The first-order valence-corrected chi connectivity index (χ1v) is 10.5. The van der Waals surface area contributed by atoms with Crippen LogP contribution < -0.4 is 0 Å². The van der Waals surface area contributed by atoms with Crippen LogP contribution in [-0.2, 0) is 11.3 Å². The van der Waals surface area contributed by atoms with Gasteiger partial charge < -0.3 is 10.0 Å². The third-order valence-corrected chi connectivity index (χ3v) is 6.69. The second kappa shape index (κ2) is 8.01. The van der Waals surface area contributed by atoms with Crippen molar-refractivity contribution in [2.75, 3.05) is 13.1 Å². The molecule has 1 aromatic carbocycles. The number of likely N-dealkylation sites (tertiary alicyclic amines) is 2. The summed E-state index contributed by atoms with van der Waals surface area (Å²) in [7, 11) is 0. The molecule has 0 radical (unpaired) electrons. The Morgan fingerprint density at radius 1 is 1.04 bits per heavy atom. The molecule has 5 heteroatoms. The highest BCUT2D eigenvalue weighted by atomic mass is 16.4. The predicted octanol–water partition coefficient (Wildman–Crippen LogP) is 3.53. The fourth-order valence-electron chi connectivity index (χ4n) is 5.32. The van der Waals surface area contributed by atoms with Gasteiger partial charge in [0.1, 0.15) is 6.04 Å². The third-order valence-electron chi connectivity index (χ3n) is 6.69. The van der Waals surface area contributed by atoms with Crippen molar-refractivity contribution < 1.29 is 14.7 Å². The largest absolute Gasteiger partial charge is 0.480 e. The number of hydrogen-bond donors (Lipinski definition) is 1. The van der Waals surface area contributed by atoms with Crippen LogP contribution >= 0.6 is 0 Å². The lowest BCUT2D eigenvalue weighted by atomic mass is 9.84. The maximum Gasteiger partial charge on any atom is 0.320 e. The maximum atomic E-state index is 12.8. The summed E-state index contributed by atoms with van der Waals surface area (Å²) in [6.07, 6.45) is 8.81. The van der Waals surface area contributed by atoms with Gasteiger partial charge in [0.25, 0.3) is 5.91 Å². The molecule has 3 fully saturated rings. The molecule has 5 nitrogen and oxygen atoms in total. The molecule has 2 heterocycles. The summed E-state index contributed by atoms with van der Waals surface area (Å²) in [6, 6.07) is 7.83. The standard InChI is InChI=1S/C22H30N2O3/c25-21(23-11-4-1-5-12-23)18-9-6-7-16(13-18)15-24-19-10-3-2-8-17(19)14-20(24)22(26)27/h6-7,9,13,17,19-20H,1-5,8,10-12,14-15H2,(H,26,27). The molecule has 3 aliphatic rings. The van der Waals surface area contributed by atoms with Crippen LogP contribution in [0.4, 0.5) is 0 Å². The zero-order valence-corrected chi connectivity index (χ0v) is 16.0. The first kappa shape index (κ1) is 18.5. The van der Waals surface area contributed by atoms with Crippen LogP contribution in [0.5, 0.6) is 0 Å². The fourth-order valence-corrected chi connectivity index (χ4v) is 5.32. The first-order valence-electron chi connectivity index (χ1n) is 10.5. The van der Waals surface area contributed by atoms with E-state index < -0.39 is 5.97 Å². The zero-order valence-electron chi connectivity index (χ0n) is 16.0. The predicted molar refractivity (Wildman–Crippen MR) is 104 cm³/mol. The van der Waals surface area contributed by atoms with Crippen molar-refractivity contribution in [3.05, 3.63) is 35.4 Å². The van der Waals surface area contributed by atoms with E-state index in [4.69, 9.17) is 0 Å². The van der Waals surface area contributed by atoms with E-state index in [-0.39, 0.29) is 11.9 Å². The summed E-state index contributed by atoms with van der Waals surface area (Å²) in [5.41, 5.74) is 1.79. The summed E-state index contributed by atoms with van der Waals surface area (Å²) in [5.74, 6) is -0.0775. The summed E-state index contributed by atoms with van der Waals surface area (Å²) in [6.45, 7) is 2.32. The topological polar surface area (TPSA) is 60.9 Å². The number of benzene rings is 1. The van der Waals surface area contributed by atoms with Gasteiger partial charge in [0.2, 0.25) is 0 Å². The highest BCUT2D eigenvalue weighted by Crippen LogP contribution is 2.40. The monoisotopic (exact) mass is 370 g/mol. The van der Waals surface area contributed by atoms with Gasteiger partial charge in [-0.1, -0.05) is 25.0 Å². The molecule has 1 aliphatic carbocycles. The quantitative estimate of drug-likeness (QED) is 0.881. The van der Waals surface area contributed by atoms with Gasteiger partial charge >= 0.3 is 5.97 Å². The number of carboxylic acid groups (broad SMARTS) is 1. The molecule has 3 atom stereocenters. The minimum atomic E-state index is -0.704. The van der Waals surface area contributed by atoms with Gasteiger partial charge in [-0.25, -0.2) is 0 Å². The van der Waals surface area contributed by atoms with Gasteiger partial charge in [0, 0.05) is 31.2 Å². The SMILES string of the molecule is O=C(O)C1CC2CCCCC2N1Cc1cccc(C(=O)N2CCCCC2)c1. The zero-order chi connectivity index (χ0) is 18.8. The van der Waals surface area contributed by atoms with Crippen LogP contribution in [0.3, 0.4) is 0 Å². The van der Waals surface area contributed by atoms with Gasteiger partial charge in [-0.15, -0.1) is 0 Å².